The molecular formula is C24H31F3N4O5. The molecule has 3 heterocycles. The number of ether oxygens (including phenoxy) is 2. The van der Waals surface area contributed by atoms with Crippen LogP contribution in [0.5, 0.6) is 5.75 Å². The van der Waals surface area contributed by atoms with Gasteiger partial charge in [0.15, 0.2) is 6.10 Å². The molecule has 0 radical (unpaired) electrons. The maximum Gasteiger partial charge on any atom is 0.490 e. The number of benzene rings is 1. The van der Waals surface area contributed by atoms with E-state index in [1.165, 1.54) is 0 Å². The predicted molar refractivity (Wildman–Crippen MR) is 125 cm³/mol. The van der Waals surface area contributed by atoms with E-state index in [1.54, 1.807) is 7.11 Å². The van der Waals surface area contributed by atoms with Crippen molar-refractivity contribution in [2.24, 2.45) is 5.92 Å². The van der Waals surface area contributed by atoms with Crippen LogP contribution in [0, 0.1) is 5.92 Å². The monoisotopic (exact) mass is 512 g/mol. The lowest BCUT2D eigenvalue weighted by atomic mass is 9.88. The Bertz CT molecular complexity index is 1050. The van der Waals surface area contributed by atoms with Gasteiger partial charge in [0.1, 0.15) is 17.2 Å². The van der Waals surface area contributed by atoms with Gasteiger partial charge in [-0.15, -0.1) is 0 Å². The third-order valence-electron chi connectivity index (χ3n) is 6.01. The predicted octanol–water partition coefficient (Wildman–Crippen LogP) is 3.51. The number of halogens is 3. The topological polar surface area (TPSA) is 106 Å². The molecule has 1 fully saturated rings. The number of imidazole rings is 1. The SMILES string of the molecule is COc1cccc(NC(=O)C2Cn3ccnc3C3(CCN(CC(C)C)CC3)O2)c1.O=C(O)C(F)(F)F. The van der Waals surface area contributed by atoms with Crippen molar-refractivity contribution in [3.63, 3.8) is 0 Å². The van der Waals surface area contributed by atoms with Crippen molar-refractivity contribution in [2.45, 2.75) is 51.1 Å². The minimum atomic E-state index is -5.08. The van der Waals surface area contributed by atoms with E-state index in [4.69, 9.17) is 19.4 Å². The average Bonchev–Trinajstić information content (AvgIpc) is 3.30. The highest BCUT2D eigenvalue weighted by Gasteiger charge is 2.47. The number of aromatic nitrogens is 2. The summed E-state index contributed by atoms with van der Waals surface area (Å²) in [5, 5.41) is 10.1. The maximum absolute atomic E-state index is 13.0. The molecule has 4 rings (SSSR count). The van der Waals surface area contributed by atoms with Crippen molar-refractivity contribution >= 4 is 17.6 Å². The summed E-state index contributed by atoms with van der Waals surface area (Å²) < 4.78 is 45.6. The van der Waals surface area contributed by atoms with Gasteiger partial charge in [-0.05, 0) is 30.9 Å². The number of alkyl halides is 3. The van der Waals surface area contributed by atoms with Crippen LogP contribution in [0.15, 0.2) is 36.7 Å². The molecule has 1 aromatic heterocycles. The molecule has 1 atom stereocenters. The number of piperidine rings is 1. The van der Waals surface area contributed by atoms with E-state index >= 15 is 0 Å². The Kier molecular flexibility index (Phi) is 8.62. The Labute approximate surface area is 207 Å². The van der Waals surface area contributed by atoms with Crippen LogP contribution in [0.2, 0.25) is 0 Å². The number of fused-ring (bicyclic) bond motifs is 2. The molecule has 1 unspecified atom stereocenters. The van der Waals surface area contributed by atoms with E-state index in [0.29, 0.717) is 23.9 Å². The number of hydrogen-bond donors (Lipinski definition) is 2. The van der Waals surface area contributed by atoms with E-state index in [-0.39, 0.29) is 5.91 Å². The molecule has 2 aliphatic heterocycles. The summed E-state index contributed by atoms with van der Waals surface area (Å²) in [7, 11) is 1.61. The highest BCUT2D eigenvalue weighted by Crippen LogP contribution is 2.40. The van der Waals surface area contributed by atoms with Crippen LogP contribution in [0.25, 0.3) is 0 Å². The Morgan fingerprint density at radius 1 is 1.31 bits per heavy atom. The van der Waals surface area contributed by atoms with Crippen molar-refractivity contribution in [3.05, 3.63) is 42.5 Å². The molecule has 12 heteroatoms. The van der Waals surface area contributed by atoms with Crippen LogP contribution >= 0.6 is 0 Å². The molecule has 198 valence electrons. The van der Waals surface area contributed by atoms with Crippen molar-refractivity contribution in [1.82, 2.24) is 14.5 Å². The molecule has 0 aliphatic carbocycles. The number of hydrogen-bond acceptors (Lipinski definition) is 6. The van der Waals surface area contributed by atoms with Gasteiger partial charge < -0.3 is 29.4 Å². The first-order valence-corrected chi connectivity index (χ1v) is 11.6. The summed E-state index contributed by atoms with van der Waals surface area (Å²) in [5.74, 6) is -0.598. The van der Waals surface area contributed by atoms with Gasteiger partial charge in [-0.25, -0.2) is 9.78 Å². The first-order chi connectivity index (χ1) is 16.9. The number of carboxylic acids is 1. The molecule has 0 saturated carbocycles. The van der Waals surface area contributed by atoms with Crippen LogP contribution in [-0.4, -0.2) is 70.5 Å². The fraction of sp³-hybridized carbons (Fsp3) is 0.542. The molecule has 1 aromatic carbocycles. The van der Waals surface area contributed by atoms with Crippen molar-refractivity contribution in [1.29, 1.82) is 0 Å². The molecule has 2 N–H and O–H groups in total. The van der Waals surface area contributed by atoms with Gasteiger partial charge in [-0.1, -0.05) is 19.9 Å². The fourth-order valence-electron chi connectivity index (χ4n) is 4.41. The van der Waals surface area contributed by atoms with Crippen LogP contribution in [-0.2, 0) is 26.5 Å². The second-order valence-corrected chi connectivity index (χ2v) is 9.22. The van der Waals surface area contributed by atoms with Crippen molar-refractivity contribution < 1.29 is 37.3 Å². The molecule has 1 amide bonds. The largest absolute Gasteiger partial charge is 0.497 e. The summed E-state index contributed by atoms with van der Waals surface area (Å²) in [6, 6.07) is 7.37. The van der Waals surface area contributed by atoms with Crippen LogP contribution in [0.1, 0.15) is 32.5 Å². The number of nitrogens with zero attached hydrogens (tertiary/aromatic N) is 3. The maximum atomic E-state index is 13.0. The minimum Gasteiger partial charge on any atom is -0.497 e. The van der Waals surface area contributed by atoms with Crippen molar-refractivity contribution in [3.8, 4) is 5.75 Å². The molecule has 1 spiro atoms. The number of carboxylic acid groups (broad SMARTS) is 1. The zero-order valence-corrected chi connectivity index (χ0v) is 20.4. The Balaban J connectivity index is 0.000000454. The second kappa shape index (κ2) is 11.3. The van der Waals surface area contributed by atoms with Gasteiger partial charge in [-0.2, -0.15) is 13.2 Å². The first kappa shape index (κ1) is 27.5. The third kappa shape index (κ3) is 6.76. The number of anilines is 1. The van der Waals surface area contributed by atoms with Gasteiger partial charge in [-0.3, -0.25) is 4.79 Å². The highest BCUT2D eigenvalue weighted by atomic mass is 19.4. The number of carbonyl (C=O) groups is 2. The summed E-state index contributed by atoms with van der Waals surface area (Å²) in [6.45, 7) is 7.96. The van der Waals surface area contributed by atoms with E-state index in [9.17, 15) is 18.0 Å². The van der Waals surface area contributed by atoms with Gasteiger partial charge in [0.25, 0.3) is 5.91 Å². The zero-order valence-electron chi connectivity index (χ0n) is 20.4. The first-order valence-electron chi connectivity index (χ1n) is 11.6. The Morgan fingerprint density at radius 2 is 1.97 bits per heavy atom. The van der Waals surface area contributed by atoms with E-state index in [2.05, 4.69) is 33.6 Å². The lowest BCUT2D eigenvalue weighted by Gasteiger charge is -2.45. The smallest absolute Gasteiger partial charge is 0.490 e. The van der Waals surface area contributed by atoms with Gasteiger partial charge in [0.05, 0.1) is 13.7 Å². The lowest BCUT2D eigenvalue weighted by molar-refractivity contribution is -0.192. The standard InChI is InChI=1S/C22H30N4O3.C2HF3O2/c1-16(2)14-25-10-7-22(8-11-25)21-23-9-12-26(21)15-19(29-22)20(27)24-17-5-4-6-18(13-17)28-3;3-2(4,5)1(6)7/h4-6,9,12-13,16,19H,7-8,10-11,14-15H2,1-3H3,(H,24,27);(H,6,7). The van der Waals surface area contributed by atoms with Gasteiger partial charge in [0.2, 0.25) is 0 Å². The van der Waals surface area contributed by atoms with Crippen LogP contribution in [0.4, 0.5) is 18.9 Å². The summed E-state index contributed by atoms with van der Waals surface area (Å²) in [5.41, 5.74) is 0.209. The number of amides is 1. The zero-order chi connectivity index (χ0) is 26.5. The van der Waals surface area contributed by atoms with Crippen LogP contribution < -0.4 is 10.1 Å². The number of methoxy groups -OCH3 is 1. The summed E-state index contributed by atoms with van der Waals surface area (Å²) in [6.07, 6.45) is -0.186. The number of nitrogens with one attached hydrogen (secondary N) is 1. The fourth-order valence-corrected chi connectivity index (χ4v) is 4.41. The molecule has 0 bridgehead atoms. The number of carbonyl (C=O) groups excluding carboxylic acids is 1. The lowest BCUT2D eigenvalue weighted by Crippen LogP contribution is -2.53. The van der Waals surface area contributed by atoms with Crippen molar-refractivity contribution in [2.75, 3.05) is 32.1 Å². The van der Waals surface area contributed by atoms with Gasteiger partial charge in [0, 0.05) is 43.8 Å². The van der Waals surface area contributed by atoms with Crippen LogP contribution in [0.3, 0.4) is 0 Å². The molecular weight excluding hydrogens is 481 g/mol. The molecule has 1 saturated heterocycles. The summed E-state index contributed by atoms with van der Waals surface area (Å²) in [4.78, 5) is 29.0. The number of likely N-dealkylation sites (tertiary alicyclic amines) is 1. The van der Waals surface area contributed by atoms with E-state index in [0.717, 1.165) is 38.3 Å². The molecule has 2 aliphatic rings. The van der Waals surface area contributed by atoms with Gasteiger partial charge >= 0.3 is 12.1 Å². The third-order valence-corrected chi connectivity index (χ3v) is 6.01. The number of aliphatic carboxylic acids is 1. The highest BCUT2D eigenvalue weighted by molar-refractivity contribution is 5.94. The molecule has 2 aromatic rings. The Morgan fingerprint density at radius 3 is 2.56 bits per heavy atom. The second-order valence-electron chi connectivity index (χ2n) is 9.22. The number of rotatable bonds is 5. The van der Waals surface area contributed by atoms with E-state index < -0.39 is 23.9 Å². The Hall–Kier alpha value is -3.12. The summed E-state index contributed by atoms with van der Waals surface area (Å²) >= 11 is 0. The normalized spacial score (nSPS) is 19.2. The quantitative estimate of drug-likeness (QED) is 0.632. The molecule has 9 nitrogen and oxygen atoms in total. The minimum absolute atomic E-state index is 0.137. The molecule has 36 heavy (non-hydrogen) atoms. The average molecular weight is 513 g/mol. The van der Waals surface area contributed by atoms with E-state index in [1.807, 2.05) is 36.7 Å².